The van der Waals surface area contributed by atoms with Crippen molar-refractivity contribution in [2.45, 2.75) is 58.1 Å². The molecule has 0 radical (unpaired) electrons. The van der Waals surface area contributed by atoms with Crippen molar-refractivity contribution in [3.05, 3.63) is 62.2 Å². The summed E-state index contributed by atoms with van der Waals surface area (Å²) < 4.78 is 21.4. The molecule has 37 heavy (non-hydrogen) atoms. The smallest absolute Gasteiger partial charge is 0.343 e. The molecule has 8 rings (SSSR count). The summed E-state index contributed by atoms with van der Waals surface area (Å²) in [5, 5.41) is 22.3. The highest BCUT2D eigenvalue weighted by atomic mass is 19.1. The van der Waals surface area contributed by atoms with Gasteiger partial charge in [0.1, 0.15) is 12.4 Å². The first-order chi connectivity index (χ1) is 17.7. The van der Waals surface area contributed by atoms with Gasteiger partial charge in [0.25, 0.3) is 5.56 Å². The maximum atomic E-state index is 14.6. The predicted octanol–water partition coefficient (Wildman–Crippen LogP) is 2.34. The highest BCUT2D eigenvalue weighted by Crippen LogP contribution is 2.43. The van der Waals surface area contributed by atoms with E-state index in [2.05, 4.69) is 4.90 Å². The molecule has 192 valence electrons. The van der Waals surface area contributed by atoms with E-state index in [9.17, 15) is 24.2 Å². The summed E-state index contributed by atoms with van der Waals surface area (Å²) in [6, 6.07) is 4.95. The van der Waals surface area contributed by atoms with Gasteiger partial charge in [0.05, 0.1) is 35.1 Å². The molecule has 5 aliphatic rings. The molecule has 9 heteroatoms. The lowest BCUT2D eigenvalue weighted by Gasteiger charge is -2.51. The van der Waals surface area contributed by atoms with Gasteiger partial charge in [-0.3, -0.25) is 9.69 Å². The average Bonchev–Trinajstić information content (AvgIpc) is 3.26. The third kappa shape index (κ3) is 3.08. The van der Waals surface area contributed by atoms with Crippen molar-refractivity contribution in [2.75, 3.05) is 13.1 Å². The number of carbonyl (C=O) groups excluding carboxylic acids is 1. The van der Waals surface area contributed by atoms with E-state index in [1.165, 1.54) is 6.07 Å². The fourth-order valence-electron chi connectivity index (χ4n) is 6.78. The summed E-state index contributed by atoms with van der Waals surface area (Å²) in [6.45, 7) is 5.71. The van der Waals surface area contributed by atoms with Crippen molar-refractivity contribution < 1.29 is 24.1 Å². The number of aliphatic hydroxyl groups is 2. The van der Waals surface area contributed by atoms with Crippen molar-refractivity contribution in [2.24, 2.45) is 11.8 Å². The zero-order valence-electron chi connectivity index (χ0n) is 20.8. The molecule has 1 saturated carbocycles. The molecule has 6 heterocycles. The Kier molecular flexibility index (Phi) is 4.78. The monoisotopic (exact) mass is 505 g/mol. The highest BCUT2D eigenvalue weighted by molar-refractivity contribution is 5.89. The van der Waals surface area contributed by atoms with Crippen molar-refractivity contribution in [3.63, 3.8) is 0 Å². The number of cyclic esters (lactones) is 1. The molecule has 3 fully saturated rings. The van der Waals surface area contributed by atoms with E-state index in [4.69, 9.17) is 9.72 Å². The van der Waals surface area contributed by atoms with Crippen molar-refractivity contribution >= 4 is 16.9 Å². The van der Waals surface area contributed by atoms with E-state index >= 15 is 0 Å². The second-order valence-electron chi connectivity index (χ2n) is 11.1. The van der Waals surface area contributed by atoms with Crippen LogP contribution >= 0.6 is 0 Å². The van der Waals surface area contributed by atoms with Gasteiger partial charge in [0.15, 0.2) is 5.60 Å². The number of esters is 1. The van der Waals surface area contributed by atoms with Gasteiger partial charge in [-0.2, -0.15) is 0 Å². The Morgan fingerprint density at radius 3 is 2.65 bits per heavy atom. The largest absolute Gasteiger partial charge is 0.458 e. The van der Waals surface area contributed by atoms with E-state index in [1.807, 2.05) is 6.07 Å². The number of hydrogen-bond donors (Lipinski definition) is 2. The van der Waals surface area contributed by atoms with Crippen LogP contribution in [0.4, 0.5) is 4.39 Å². The van der Waals surface area contributed by atoms with Crippen LogP contribution < -0.4 is 5.56 Å². The summed E-state index contributed by atoms with van der Waals surface area (Å²) in [5.41, 5.74) is 2.34. The molecule has 2 saturated heterocycles. The van der Waals surface area contributed by atoms with Crippen LogP contribution in [0.15, 0.2) is 23.0 Å². The molecule has 2 bridgehead atoms. The Balaban J connectivity index is 1.42. The van der Waals surface area contributed by atoms with Gasteiger partial charge in [-0.1, -0.05) is 6.92 Å². The van der Waals surface area contributed by atoms with Gasteiger partial charge in [-0.05, 0) is 54.9 Å². The molecule has 1 aliphatic carbocycles. The molecule has 2 N–H and O–H groups in total. The summed E-state index contributed by atoms with van der Waals surface area (Å²) in [5.74, 6) is -0.567. The normalized spacial score (nSPS) is 27.9. The first-order valence-corrected chi connectivity index (χ1v) is 12.9. The fourth-order valence-corrected chi connectivity index (χ4v) is 6.78. The number of hydrogen-bond acceptors (Lipinski definition) is 7. The zero-order chi connectivity index (χ0) is 25.8. The zero-order valence-corrected chi connectivity index (χ0v) is 20.8. The minimum Gasteiger partial charge on any atom is -0.458 e. The van der Waals surface area contributed by atoms with Crippen LogP contribution in [-0.2, 0) is 34.8 Å². The number of halogens is 1. The molecule has 4 aliphatic heterocycles. The van der Waals surface area contributed by atoms with Crippen LogP contribution in [0.5, 0.6) is 0 Å². The standard InChI is InChI=1S/C28H28FN3O5/c1-3-28(36)20-6-23-24-18(11-32(23)26(34)19(20)12-37-27(28)35)17(10-31-8-14-5-15(9-31)25(14)33)16-4-13(2)21(29)7-22(16)30-24/h4,6-7,14-15,25,33,36H,3,5,8-12H2,1-2H3/t14-,15+,25?,28-/m0/s1. The lowest BCUT2D eigenvalue weighted by molar-refractivity contribution is -0.172. The Morgan fingerprint density at radius 2 is 1.95 bits per heavy atom. The number of benzene rings is 1. The second kappa shape index (κ2) is 7.69. The molecule has 1 aromatic carbocycles. The number of ether oxygens (including phenoxy) is 1. The van der Waals surface area contributed by atoms with Crippen LogP contribution in [0, 0.1) is 24.6 Å². The third-order valence-electron chi connectivity index (χ3n) is 9.02. The van der Waals surface area contributed by atoms with E-state index in [1.54, 1.807) is 24.5 Å². The summed E-state index contributed by atoms with van der Waals surface area (Å²) >= 11 is 0. The van der Waals surface area contributed by atoms with Crippen LogP contribution in [0.1, 0.15) is 47.6 Å². The predicted molar refractivity (Wildman–Crippen MR) is 132 cm³/mol. The number of aryl methyl sites for hydroxylation is 1. The van der Waals surface area contributed by atoms with Crippen molar-refractivity contribution in [1.82, 2.24) is 14.5 Å². The number of carbonyl (C=O) groups is 1. The van der Waals surface area contributed by atoms with Crippen LogP contribution in [0.2, 0.25) is 0 Å². The number of pyridine rings is 2. The molecule has 0 amide bonds. The maximum Gasteiger partial charge on any atom is 0.343 e. The number of aliphatic hydroxyl groups excluding tert-OH is 1. The van der Waals surface area contributed by atoms with Crippen molar-refractivity contribution in [3.8, 4) is 11.4 Å². The Labute approximate surface area is 212 Å². The van der Waals surface area contributed by atoms with E-state index in [0.29, 0.717) is 35.6 Å². The lowest BCUT2D eigenvalue weighted by Crippen LogP contribution is -2.57. The molecular formula is C28H28FN3O5. The number of aromatic nitrogens is 2. The quantitative estimate of drug-likeness (QED) is 0.412. The number of fused-ring (bicyclic) bond motifs is 7. The first kappa shape index (κ1) is 23.0. The van der Waals surface area contributed by atoms with E-state index in [-0.39, 0.29) is 53.5 Å². The van der Waals surface area contributed by atoms with Gasteiger partial charge in [-0.25, -0.2) is 14.2 Å². The summed E-state index contributed by atoms with van der Waals surface area (Å²) in [6.07, 6.45) is 0.882. The molecule has 1 unspecified atom stereocenters. The molecule has 0 spiro atoms. The SMILES string of the molecule is CC[C@@]1(O)C(=O)OCc2c1cc1n(c2=O)Cc2c-1nc1cc(F)c(C)cc1c2CN1C[C@H]2C[C@@H](C1)C2O. The topological polar surface area (TPSA) is 105 Å². The third-order valence-corrected chi connectivity index (χ3v) is 9.02. The molecule has 4 atom stereocenters. The maximum absolute atomic E-state index is 14.6. The minimum atomic E-state index is -1.90. The molecule has 3 aromatic rings. The number of nitrogens with zero attached hydrogens (tertiary/aromatic N) is 3. The highest BCUT2D eigenvalue weighted by Gasteiger charge is 2.47. The first-order valence-electron chi connectivity index (χ1n) is 12.9. The Morgan fingerprint density at radius 1 is 1.19 bits per heavy atom. The Hall–Kier alpha value is -3.14. The van der Waals surface area contributed by atoms with Crippen LogP contribution in [-0.4, -0.2) is 49.8 Å². The molecule has 2 aromatic heterocycles. The van der Waals surface area contributed by atoms with Crippen LogP contribution in [0.25, 0.3) is 22.3 Å². The minimum absolute atomic E-state index is 0.0681. The summed E-state index contributed by atoms with van der Waals surface area (Å²) in [4.78, 5) is 33.2. The number of rotatable bonds is 3. The fraction of sp³-hybridized carbons (Fsp3) is 0.464. The van der Waals surface area contributed by atoms with E-state index < -0.39 is 11.6 Å². The van der Waals surface area contributed by atoms with E-state index in [0.717, 1.165) is 36.0 Å². The van der Waals surface area contributed by atoms with Gasteiger partial charge >= 0.3 is 5.97 Å². The molecule has 8 nitrogen and oxygen atoms in total. The van der Waals surface area contributed by atoms with Crippen LogP contribution in [0.3, 0.4) is 0 Å². The average molecular weight is 506 g/mol. The second-order valence-corrected chi connectivity index (χ2v) is 11.1. The van der Waals surface area contributed by atoms with Gasteiger partial charge in [-0.15, -0.1) is 0 Å². The van der Waals surface area contributed by atoms with Gasteiger partial charge < -0.3 is 19.5 Å². The number of piperidine rings is 2. The Bertz CT molecular complexity index is 1570. The molecular weight excluding hydrogens is 477 g/mol. The van der Waals surface area contributed by atoms with Gasteiger partial charge in [0.2, 0.25) is 0 Å². The van der Waals surface area contributed by atoms with Gasteiger partial charge in [0, 0.05) is 42.2 Å². The lowest BCUT2D eigenvalue weighted by atomic mass is 9.68. The van der Waals surface area contributed by atoms with Crippen molar-refractivity contribution in [1.29, 1.82) is 0 Å². The summed E-state index contributed by atoms with van der Waals surface area (Å²) in [7, 11) is 0.